The van der Waals surface area contributed by atoms with Crippen LogP contribution in [0.1, 0.15) is 5.56 Å². The van der Waals surface area contributed by atoms with Gasteiger partial charge in [-0.1, -0.05) is 34.1 Å². The highest BCUT2D eigenvalue weighted by atomic mass is 79.9. The largest absolute Gasteiger partial charge is 0.482 e. The van der Waals surface area contributed by atoms with Crippen LogP contribution < -0.4 is 4.74 Å². The zero-order chi connectivity index (χ0) is 11.1. The van der Waals surface area contributed by atoms with Crippen molar-refractivity contribution in [2.45, 2.75) is 6.42 Å². The van der Waals surface area contributed by atoms with Crippen molar-refractivity contribution in [1.29, 1.82) is 0 Å². The molecule has 0 aliphatic carbocycles. The van der Waals surface area contributed by atoms with Gasteiger partial charge in [-0.3, -0.25) is 0 Å². The van der Waals surface area contributed by atoms with Crippen LogP contribution in [0.15, 0.2) is 24.3 Å². The van der Waals surface area contributed by atoms with Crippen LogP contribution in [0.3, 0.4) is 0 Å². The Morgan fingerprint density at radius 2 is 2.13 bits per heavy atom. The predicted octanol–water partition coefficient (Wildman–Crippen LogP) is 2.18. The van der Waals surface area contributed by atoms with Crippen LogP contribution in [0.25, 0.3) is 0 Å². The Bertz CT molecular complexity index is 325. The first-order valence-corrected chi connectivity index (χ1v) is 5.73. The predicted molar refractivity (Wildman–Crippen MR) is 61.5 cm³/mol. The van der Waals surface area contributed by atoms with E-state index in [-0.39, 0.29) is 12.6 Å². The number of methoxy groups -OCH3 is 1. The van der Waals surface area contributed by atoms with Crippen molar-refractivity contribution in [3.05, 3.63) is 29.8 Å². The first kappa shape index (κ1) is 12.0. The minimum atomic E-state index is -0.372. The summed E-state index contributed by atoms with van der Waals surface area (Å²) < 4.78 is 9.85. The first-order valence-electron chi connectivity index (χ1n) is 4.61. The number of rotatable bonds is 5. The second kappa shape index (κ2) is 6.45. The fraction of sp³-hybridized carbons (Fsp3) is 0.364. The standard InChI is InChI=1S/C11H13BrO3/c1-14-11(13)8-15-10-5-3-2-4-9(10)6-7-12/h2-5H,6-8H2,1H3. The van der Waals surface area contributed by atoms with Crippen LogP contribution in [0.2, 0.25) is 0 Å². The van der Waals surface area contributed by atoms with Crippen LogP contribution >= 0.6 is 15.9 Å². The van der Waals surface area contributed by atoms with Gasteiger partial charge in [0.05, 0.1) is 7.11 Å². The lowest BCUT2D eigenvalue weighted by Gasteiger charge is -2.09. The number of carbonyl (C=O) groups excluding carboxylic acids is 1. The van der Waals surface area contributed by atoms with Gasteiger partial charge in [0.15, 0.2) is 6.61 Å². The van der Waals surface area contributed by atoms with E-state index in [2.05, 4.69) is 20.7 Å². The third-order valence-corrected chi connectivity index (χ3v) is 2.31. The Labute approximate surface area is 97.5 Å². The van der Waals surface area contributed by atoms with E-state index in [4.69, 9.17) is 4.74 Å². The second-order valence-corrected chi connectivity index (χ2v) is 3.70. The Morgan fingerprint density at radius 3 is 2.80 bits per heavy atom. The van der Waals surface area contributed by atoms with Crippen LogP contribution in [-0.2, 0) is 16.0 Å². The molecule has 0 atom stereocenters. The molecule has 1 rings (SSSR count). The zero-order valence-corrected chi connectivity index (χ0v) is 10.1. The van der Waals surface area contributed by atoms with Crippen LogP contribution in [-0.4, -0.2) is 25.0 Å². The van der Waals surface area contributed by atoms with Crippen molar-refractivity contribution in [3.63, 3.8) is 0 Å². The molecule has 0 amide bonds. The molecule has 3 nitrogen and oxygen atoms in total. The average Bonchev–Trinajstić information content (AvgIpc) is 2.28. The number of hydrogen-bond donors (Lipinski definition) is 0. The number of alkyl halides is 1. The van der Waals surface area contributed by atoms with Crippen LogP contribution in [0.5, 0.6) is 5.75 Å². The highest BCUT2D eigenvalue weighted by molar-refractivity contribution is 9.09. The molecular formula is C11H13BrO3. The summed E-state index contributed by atoms with van der Waals surface area (Å²) in [6, 6.07) is 7.65. The van der Waals surface area contributed by atoms with Crippen molar-refractivity contribution >= 4 is 21.9 Å². The Morgan fingerprint density at radius 1 is 1.40 bits per heavy atom. The summed E-state index contributed by atoms with van der Waals surface area (Å²) in [5.41, 5.74) is 1.08. The van der Waals surface area contributed by atoms with E-state index in [0.717, 1.165) is 23.1 Å². The van der Waals surface area contributed by atoms with Gasteiger partial charge in [-0.05, 0) is 18.1 Å². The van der Waals surface area contributed by atoms with E-state index < -0.39 is 0 Å². The molecule has 0 radical (unpaired) electrons. The fourth-order valence-electron chi connectivity index (χ4n) is 1.15. The lowest BCUT2D eigenvalue weighted by Crippen LogP contribution is -2.13. The monoisotopic (exact) mass is 272 g/mol. The van der Waals surface area contributed by atoms with Gasteiger partial charge in [-0.25, -0.2) is 4.79 Å². The fourth-order valence-corrected chi connectivity index (χ4v) is 1.58. The summed E-state index contributed by atoms with van der Waals surface area (Å²) in [5.74, 6) is 0.367. The molecule has 0 heterocycles. The number of ether oxygens (including phenoxy) is 2. The van der Waals surface area contributed by atoms with Gasteiger partial charge in [0.25, 0.3) is 0 Å². The zero-order valence-electron chi connectivity index (χ0n) is 8.53. The first-order chi connectivity index (χ1) is 7.27. The van der Waals surface area contributed by atoms with Gasteiger partial charge in [0, 0.05) is 5.33 Å². The van der Waals surface area contributed by atoms with Crippen molar-refractivity contribution in [2.75, 3.05) is 19.0 Å². The number of halogens is 1. The van der Waals surface area contributed by atoms with E-state index >= 15 is 0 Å². The van der Waals surface area contributed by atoms with Crippen LogP contribution in [0.4, 0.5) is 0 Å². The highest BCUT2D eigenvalue weighted by Crippen LogP contribution is 2.18. The number of hydrogen-bond acceptors (Lipinski definition) is 3. The van der Waals surface area contributed by atoms with Gasteiger partial charge >= 0.3 is 5.97 Å². The minimum absolute atomic E-state index is 0.0458. The molecule has 4 heteroatoms. The number of esters is 1. The molecule has 0 aliphatic heterocycles. The summed E-state index contributed by atoms with van der Waals surface area (Å²) in [6.07, 6.45) is 0.872. The quantitative estimate of drug-likeness (QED) is 0.609. The lowest BCUT2D eigenvalue weighted by atomic mass is 10.1. The number of para-hydroxylation sites is 1. The molecule has 0 spiro atoms. The van der Waals surface area contributed by atoms with E-state index in [1.54, 1.807) is 0 Å². The van der Waals surface area contributed by atoms with Gasteiger partial charge in [0.1, 0.15) is 5.75 Å². The molecule has 0 unspecified atom stereocenters. The lowest BCUT2D eigenvalue weighted by molar-refractivity contribution is -0.142. The van der Waals surface area contributed by atoms with Gasteiger partial charge in [0.2, 0.25) is 0 Å². The molecule has 0 saturated heterocycles. The van der Waals surface area contributed by atoms with E-state index in [9.17, 15) is 4.79 Å². The SMILES string of the molecule is COC(=O)COc1ccccc1CCBr. The summed E-state index contributed by atoms with van der Waals surface area (Å²) in [5, 5.41) is 0.867. The van der Waals surface area contributed by atoms with Crippen molar-refractivity contribution in [2.24, 2.45) is 0 Å². The van der Waals surface area contributed by atoms with Crippen LogP contribution in [0, 0.1) is 0 Å². The third kappa shape index (κ3) is 3.91. The molecule has 0 fully saturated rings. The van der Waals surface area contributed by atoms with E-state index in [1.807, 2.05) is 24.3 Å². The average molecular weight is 273 g/mol. The summed E-state index contributed by atoms with van der Waals surface area (Å²) >= 11 is 3.37. The molecule has 0 aromatic heterocycles. The Balaban J connectivity index is 2.62. The maximum absolute atomic E-state index is 10.9. The maximum atomic E-state index is 10.9. The molecular weight excluding hydrogens is 260 g/mol. The Hall–Kier alpha value is -1.03. The second-order valence-electron chi connectivity index (χ2n) is 2.91. The van der Waals surface area contributed by atoms with E-state index in [1.165, 1.54) is 7.11 Å². The molecule has 1 aromatic rings. The van der Waals surface area contributed by atoms with Crippen molar-refractivity contribution in [3.8, 4) is 5.75 Å². The molecule has 0 N–H and O–H groups in total. The molecule has 82 valence electrons. The summed E-state index contributed by atoms with van der Waals surface area (Å²) in [7, 11) is 1.34. The molecule has 1 aromatic carbocycles. The van der Waals surface area contributed by atoms with Gasteiger partial charge in [-0.2, -0.15) is 0 Å². The molecule has 0 saturated carbocycles. The summed E-state index contributed by atoms with van der Waals surface area (Å²) in [4.78, 5) is 10.9. The minimum Gasteiger partial charge on any atom is -0.482 e. The third-order valence-electron chi connectivity index (χ3n) is 1.91. The van der Waals surface area contributed by atoms with Crippen molar-refractivity contribution in [1.82, 2.24) is 0 Å². The maximum Gasteiger partial charge on any atom is 0.343 e. The topological polar surface area (TPSA) is 35.5 Å². The summed E-state index contributed by atoms with van der Waals surface area (Å²) in [6.45, 7) is -0.0458. The molecule has 0 aliphatic rings. The van der Waals surface area contributed by atoms with Gasteiger partial charge in [-0.15, -0.1) is 0 Å². The molecule has 15 heavy (non-hydrogen) atoms. The number of carbonyl (C=O) groups is 1. The number of aryl methyl sites for hydroxylation is 1. The normalized spacial score (nSPS) is 9.73. The van der Waals surface area contributed by atoms with Crippen molar-refractivity contribution < 1.29 is 14.3 Å². The molecule has 0 bridgehead atoms. The van der Waals surface area contributed by atoms with E-state index in [0.29, 0.717) is 0 Å². The highest BCUT2D eigenvalue weighted by Gasteiger charge is 2.05. The smallest absolute Gasteiger partial charge is 0.343 e. The van der Waals surface area contributed by atoms with Gasteiger partial charge < -0.3 is 9.47 Å². The Kier molecular flexibility index (Phi) is 5.18. The number of benzene rings is 1.